The molecule has 2 N–H and O–H groups in total. The number of aromatic nitrogens is 3. The lowest BCUT2D eigenvalue weighted by Crippen LogP contribution is -2.19. The van der Waals surface area contributed by atoms with Gasteiger partial charge >= 0.3 is 0 Å². The normalized spacial score (nSPS) is 15.8. The lowest BCUT2D eigenvalue weighted by molar-refractivity contribution is 0.0849. The number of hydrogen-bond acceptors (Lipinski definition) is 6. The zero-order chi connectivity index (χ0) is 25.5. The largest absolute Gasteiger partial charge is 0.381 e. The Hall–Kier alpha value is -3.82. The third-order valence-electron chi connectivity index (χ3n) is 7.12. The molecule has 5 heterocycles. The molecule has 8 nitrogen and oxygen atoms in total. The van der Waals surface area contributed by atoms with Gasteiger partial charge in [0.25, 0.3) is 5.91 Å². The van der Waals surface area contributed by atoms with Crippen molar-refractivity contribution < 1.29 is 13.9 Å². The molecule has 0 bridgehead atoms. The Kier molecular flexibility index (Phi) is 6.10. The Balaban J connectivity index is 1.37. The summed E-state index contributed by atoms with van der Waals surface area (Å²) in [5.41, 5.74) is 6.70. The highest BCUT2D eigenvalue weighted by atomic mass is 19.1. The van der Waals surface area contributed by atoms with Gasteiger partial charge in [0, 0.05) is 44.1 Å². The first-order valence-corrected chi connectivity index (χ1v) is 12.5. The number of rotatable bonds is 6. The number of carbonyl (C=O) groups excluding carboxylic acids is 1. The Labute approximate surface area is 214 Å². The summed E-state index contributed by atoms with van der Waals surface area (Å²) >= 11 is 0. The first kappa shape index (κ1) is 23.6. The highest BCUT2D eigenvalue weighted by molar-refractivity contribution is 6.06. The van der Waals surface area contributed by atoms with E-state index in [0.717, 1.165) is 55.1 Å². The molecule has 0 aliphatic carbocycles. The molecule has 2 aliphatic heterocycles. The molecule has 1 fully saturated rings. The molecule has 1 saturated heterocycles. The maximum atomic E-state index is 13.7. The minimum atomic E-state index is -0.338. The van der Waals surface area contributed by atoms with E-state index in [-0.39, 0.29) is 11.7 Å². The summed E-state index contributed by atoms with van der Waals surface area (Å²) in [4.78, 5) is 24.4. The molecule has 0 radical (unpaired) electrons. The number of nitrogens with one attached hydrogen (secondary N) is 2. The van der Waals surface area contributed by atoms with Crippen LogP contribution in [0.2, 0.25) is 0 Å². The maximum Gasteiger partial charge on any atom is 0.254 e. The van der Waals surface area contributed by atoms with E-state index < -0.39 is 0 Å². The summed E-state index contributed by atoms with van der Waals surface area (Å²) in [7, 11) is 4.08. The van der Waals surface area contributed by atoms with E-state index in [4.69, 9.17) is 9.72 Å². The second kappa shape index (κ2) is 9.57. The highest BCUT2D eigenvalue weighted by Crippen LogP contribution is 2.36. The third kappa shape index (κ3) is 4.45. The van der Waals surface area contributed by atoms with Gasteiger partial charge in [-0.3, -0.25) is 9.20 Å². The quantitative estimate of drug-likeness (QED) is 0.406. The fourth-order valence-corrected chi connectivity index (χ4v) is 5.37. The highest BCUT2D eigenvalue weighted by Gasteiger charge is 2.28. The number of hydrogen-bond donors (Lipinski definition) is 2. The lowest BCUT2D eigenvalue weighted by atomic mass is 9.90. The van der Waals surface area contributed by atoms with Crippen molar-refractivity contribution in [2.75, 3.05) is 32.6 Å². The number of imidazole rings is 1. The molecule has 37 heavy (non-hydrogen) atoms. The van der Waals surface area contributed by atoms with E-state index in [1.165, 1.54) is 17.7 Å². The van der Waals surface area contributed by atoms with Crippen LogP contribution in [0.1, 0.15) is 45.9 Å². The second-order valence-corrected chi connectivity index (χ2v) is 9.90. The molecule has 1 aromatic carbocycles. The molecule has 1 amide bonds. The molecule has 0 saturated carbocycles. The Bertz CT molecular complexity index is 1490. The Morgan fingerprint density at radius 3 is 2.84 bits per heavy atom. The van der Waals surface area contributed by atoms with Crippen LogP contribution in [-0.2, 0) is 17.8 Å². The number of amides is 1. The van der Waals surface area contributed by atoms with Crippen molar-refractivity contribution in [2.45, 2.75) is 31.8 Å². The summed E-state index contributed by atoms with van der Waals surface area (Å²) in [5.74, 6) is 0.674. The third-order valence-corrected chi connectivity index (χ3v) is 7.12. The van der Waals surface area contributed by atoms with Crippen molar-refractivity contribution in [1.82, 2.24) is 24.6 Å². The zero-order valence-corrected chi connectivity index (χ0v) is 20.9. The van der Waals surface area contributed by atoms with Gasteiger partial charge in [0.1, 0.15) is 17.3 Å². The molecule has 0 atom stereocenters. The van der Waals surface area contributed by atoms with E-state index in [1.807, 2.05) is 36.7 Å². The topological polar surface area (TPSA) is 83.8 Å². The standard InChI is InChI=1S/C28H29FN6O2/c1-34(2)16-23-19(17-8-11-37-12-9-17)4-6-25(33-23)32-22-5-3-20(21-14-31-28(36)27(21)22)24-15-30-26-13-18(29)7-10-35(24)26/h3-7,10,13,15,17H,8-9,11-12,14,16H2,1-2H3,(H,31,36)(H,32,33). The predicted molar refractivity (Wildman–Crippen MR) is 139 cm³/mol. The second-order valence-electron chi connectivity index (χ2n) is 9.90. The minimum absolute atomic E-state index is 0.133. The van der Waals surface area contributed by atoms with Gasteiger partial charge in [-0.1, -0.05) is 12.1 Å². The van der Waals surface area contributed by atoms with E-state index in [9.17, 15) is 9.18 Å². The van der Waals surface area contributed by atoms with E-state index in [1.54, 1.807) is 12.4 Å². The van der Waals surface area contributed by atoms with E-state index in [2.05, 4.69) is 26.6 Å². The predicted octanol–water partition coefficient (Wildman–Crippen LogP) is 4.48. The van der Waals surface area contributed by atoms with Crippen molar-refractivity contribution in [3.63, 3.8) is 0 Å². The van der Waals surface area contributed by atoms with Crippen LogP contribution < -0.4 is 10.6 Å². The van der Waals surface area contributed by atoms with E-state index in [0.29, 0.717) is 35.2 Å². The summed E-state index contributed by atoms with van der Waals surface area (Å²) in [6.45, 7) is 2.70. The molecule has 3 aromatic heterocycles. The van der Waals surface area contributed by atoms with Crippen molar-refractivity contribution in [3.8, 4) is 11.3 Å². The average Bonchev–Trinajstić information content (AvgIpc) is 3.48. The molecule has 0 unspecified atom stereocenters. The average molecular weight is 501 g/mol. The van der Waals surface area contributed by atoms with Gasteiger partial charge in [0.15, 0.2) is 0 Å². The SMILES string of the molecule is CN(C)Cc1nc(Nc2ccc(-c3cnc4cc(F)ccn34)c3c2C(=O)NC3)ccc1C1CCOCC1. The van der Waals surface area contributed by atoms with Gasteiger partial charge in [-0.25, -0.2) is 14.4 Å². The number of halogens is 1. The van der Waals surface area contributed by atoms with E-state index >= 15 is 0 Å². The molecule has 190 valence electrons. The number of carbonyl (C=O) groups is 1. The lowest BCUT2D eigenvalue weighted by Gasteiger charge is -2.25. The fraction of sp³-hybridized carbons (Fsp3) is 0.321. The van der Waals surface area contributed by atoms with Crippen molar-refractivity contribution in [3.05, 3.63) is 77.0 Å². The van der Waals surface area contributed by atoms with Crippen LogP contribution in [0.4, 0.5) is 15.9 Å². The van der Waals surface area contributed by atoms with Gasteiger partial charge in [-0.15, -0.1) is 0 Å². The smallest absolute Gasteiger partial charge is 0.254 e. The Morgan fingerprint density at radius 2 is 2.03 bits per heavy atom. The summed E-state index contributed by atoms with van der Waals surface area (Å²) in [6, 6.07) is 10.8. The molecule has 9 heteroatoms. The van der Waals surface area contributed by atoms with Crippen LogP contribution in [0, 0.1) is 5.82 Å². The number of pyridine rings is 2. The number of benzene rings is 1. The molecule has 4 aromatic rings. The van der Waals surface area contributed by atoms with Crippen LogP contribution in [0.3, 0.4) is 0 Å². The van der Waals surface area contributed by atoms with Crippen molar-refractivity contribution in [2.24, 2.45) is 0 Å². The maximum absolute atomic E-state index is 13.7. The molecular weight excluding hydrogens is 471 g/mol. The van der Waals surface area contributed by atoms with Crippen LogP contribution in [-0.4, -0.2) is 52.5 Å². The monoisotopic (exact) mass is 500 g/mol. The van der Waals surface area contributed by atoms with Crippen LogP contribution in [0.5, 0.6) is 0 Å². The van der Waals surface area contributed by atoms with Crippen LogP contribution in [0.25, 0.3) is 16.9 Å². The summed E-state index contributed by atoms with van der Waals surface area (Å²) < 4.78 is 21.1. The molecule has 0 spiro atoms. The first-order chi connectivity index (χ1) is 18.0. The minimum Gasteiger partial charge on any atom is -0.381 e. The van der Waals surface area contributed by atoms with Crippen LogP contribution in [0.15, 0.2) is 48.8 Å². The van der Waals surface area contributed by atoms with Crippen molar-refractivity contribution >= 4 is 23.1 Å². The number of fused-ring (bicyclic) bond motifs is 2. The molecule has 2 aliphatic rings. The molecular formula is C28H29FN6O2. The molecule has 6 rings (SSSR count). The number of anilines is 2. The van der Waals surface area contributed by atoms with Gasteiger partial charge in [0.2, 0.25) is 0 Å². The summed E-state index contributed by atoms with van der Waals surface area (Å²) in [5, 5.41) is 6.36. The van der Waals surface area contributed by atoms with Gasteiger partial charge in [-0.05, 0) is 62.2 Å². The van der Waals surface area contributed by atoms with Gasteiger partial charge < -0.3 is 20.3 Å². The fourth-order valence-electron chi connectivity index (χ4n) is 5.37. The van der Waals surface area contributed by atoms with Gasteiger partial charge in [0.05, 0.1) is 28.8 Å². The Morgan fingerprint density at radius 1 is 1.19 bits per heavy atom. The summed E-state index contributed by atoms with van der Waals surface area (Å²) in [6.07, 6.45) is 5.37. The van der Waals surface area contributed by atoms with Crippen LogP contribution >= 0.6 is 0 Å². The number of ether oxygens (including phenoxy) is 1. The number of nitrogens with zero attached hydrogens (tertiary/aromatic N) is 4. The first-order valence-electron chi connectivity index (χ1n) is 12.5. The van der Waals surface area contributed by atoms with Gasteiger partial charge in [-0.2, -0.15) is 0 Å². The zero-order valence-electron chi connectivity index (χ0n) is 20.9. The van der Waals surface area contributed by atoms with Crippen molar-refractivity contribution in [1.29, 1.82) is 0 Å².